The first-order chi connectivity index (χ1) is 14.5. The lowest BCUT2D eigenvalue weighted by Crippen LogP contribution is -2.37. The van der Waals surface area contributed by atoms with E-state index in [0.717, 1.165) is 42.8 Å². The van der Waals surface area contributed by atoms with E-state index in [9.17, 15) is 9.59 Å². The molecule has 31 heavy (non-hydrogen) atoms. The SMILES string of the molecule is COc1ccc(C(CNC(=O)c2cc(=O)c3cc(C)ccc3o2)N2CCCC2)cc1.Cl. The number of ether oxygens (including phenoxy) is 1. The Labute approximate surface area is 187 Å². The number of methoxy groups -OCH3 is 1. The summed E-state index contributed by atoms with van der Waals surface area (Å²) < 4.78 is 11.0. The smallest absolute Gasteiger partial charge is 0.287 e. The second-order valence-corrected chi connectivity index (χ2v) is 7.72. The molecule has 1 aromatic heterocycles. The predicted octanol–water partition coefficient (Wildman–Crippen LogP) is 4.10. The van der Waals surface area contributed by atoms with Gasteiger partial charge in [-0.25, -0.2) is 0 Å². The monoisotopic (exact) mass is 442 g/mol. The van der Waals surface area contributed by atoms with E-state index in [-0.39, 0.29) is 35.5 Å². The molecule has 0 spiro atoms. The van der Waals surface area contributed by atoms with Crippen LogP contribution in [-0.2, 0) is 0 Å². The molecule has 1 unspecified atom stereocenters. The topological polar surface area (TPSA) is 71.8 Å². The van der Waals surface area contributed by atoms with Gasteiger partial charge < -0.3 is 14.5 Å². The largest absolute Gasteiger partial charge is 0.497 e. The molecular formula is C24H27ClN2O4. The Hall–Kier alpha value is -2.83. The Morgan fingerprint density at radius 3 is 2.52 bits per heavy atom. The maximum absolute atomic E-state index is 12.8. The quantitative estimate of drug-likeness (QED) is 0.622. The minimum atomic E-state index is -0.382. The summed E-state index contributed by atoms with van der Waals surface area (Å²) in [6.07, 6.45) is 2.30. The molecular weight excluding hydrogens is 416 g/mol. The number of carbonyl (C=O) groups is 1. The number of halogens is 1. The molecule has 1 aliphatic heterocycles. The van der Waals surface area contributed by atoms with Gasteiger partial charge in [-0.1, -0.05) is 23.8 Å². The molecule has 7 heteroatoms. The molecule has 2 aromatic carbocycles. The molecule has 0 aliphatic carbocycles. The molecule has 1 N–H and O–H groups in total. The zero-order valence-electron chi connectivity index (χ0n) is 17.7. The fourth-order valence-corrected chi connectivity index (χ4v) is 4.00. The van der Waals surface area contributed by atoms with Gasteiger partial charge in [0.2, 0.25) is 0 Å². The molecule has 1 atom stereocenters. The summed E-state index contributed by atoms with van der Waals surface area (Å²) >= 11 is 0. The summed E-state index contributed by atoms with van der Waals surface area (Å²) in [5.41, 5.74) is 2.30. The Kier molecular flexibility index (Phi) is 7.36. The highest BCUT2D eigenvalue weighted by molar-refractivity contribution is 5.93. The van der Waals surface area contributed by atoms with Crippen LogP contribution in [0, 0.1) is 6.92 Å². The van der Waals surface area contributed by atoms with Crippen LogP contribution in [-0.4, -0.2) is 37.6 Å². The third-order valence-corrected chi connectivity index (χ3v) is 5.64. The normalized spacial score (nSPS) is 14.8. The zero-order valence-corrected chi connectivity index (χ0v) is 18.5. The van der Waals surface area contributed by atoms with E-state index < -0.39 is 0 Å². The zero-order chi connectivity index (χ0) is 21.1. The number of hydrogen-bond acceptors (Lipinski definition) is 5. The maximum atomic E-state index is 12.8. The van der Waals surface area contributed by atoms with Gasteiger partial charge in [0.15, 0.2) is 11.2 Å². The van der Waals surface area contributed by atoms with E-state index >= 15 is 0 Å². The van der Waals surface area contributed by atoms with Crippen LogP contribution in [0.5, 0.6) is 5.75 Å². The number of likely N-dealkylation sites (tertiary alicyclic amines) is 1. The summed E-state index contributed by atoms with van der Waals surface area (Å²) in [6, 6.07) is 14.6. The van der Waals surface area contributed by atoms with Crippen molar-refractivity contribution in [2.45, 2.75) is 25.8 Å². The molecule has 0 radical (unpaired) electrons. The molecule has 1 aliphatic rings. The van der Waals surface area contributed by atoms with Gasteiger partial charge in [-0.2, -0.15) is 0 Å². The van der Waals surface area contributed by atoms with Gasteiger partial charge >= 0.3 is 0 Å². The van der Waals surface area contributed by atoms with E-state index in [2.05, 4.69) is 10.2 Å². The van der Waals surface area contributed by atoms with Gasteiger partial charge in [0.1, 0.15) is 11.3 Å². The van der Waals surface area contributed by atoms with Crippen LogP contribution < -0.4 is 15.5 Å². The van der Waals surface area contributed by atoms with Crippen molar-refractivity contribution in [1.82, 2.24) is 10.2 Å². The Morgan fingerprint density at radius 1 is 1.13 bits per heavy atom. The van der Waals surface area contributed by atoms with E-state index in [1.165, 1.54) is 6.07 Å². The number of amides is 1. The van der Waals surface area contributed by atoms with Crippen LogP contribution in [0.1, 0.15) is 40.6 Å². The number of rotatable bonds is 6. The first kappa shape index (κ1) is 22.8. The van der Waals surface area contributed by atoms with Crippen molar-refractivity contribution in [1.29, 1.82) is 0 Å². The van der Waals surface area contributed by atoms with E-state index in [1.54, 1.807) is 19.2 Å². The molecule has 0 saturated carbocycles. The Bertz CT molecular complexity index is 1100. The van der Waals surface area contributed by atoms with Gasteiger partial charge in [-0.15, -0.1) is 12.4 Å². The average molecular weight is 443 g/mol. The number of hydrogen-bond donors (Lipinski definition) is 1. The standard InChI is InChI=1S/C24H26N2O4.ClH/c1-16-5-10-22-19(13-16)21(27)14-23(30-22)24(28)25-15-20(26-11-3-4-12-26)17-6-8-18(29-2)9-7-17;/h5-10,13-14,20H,3-4,11-12,15H2,1-2H3,(H,25,28);1H. The van der Waals surface area contributed by atoms with Crippen molar-refractivity contribution in [3.8, 4) is 5.75 Å². The summed E-state index contributed by atoms with van der Waals surface area (Å²) in [5.74, 6) is 0.453. The third kappa shape index (κ3) is 5.09. The van der Waals surface area contributed by atoms with E-state index in [1.807, 2.05) is 37.3 Å². The van der Waals surface area contributed by atoms with Crippen molar-refractivity contribution < 1.29 is 13.9 Å². The van der Waals surface area contributed by atoms with Gasteiger partial charge in [0, 0.05) is 12.6 Å². The minimum Gasteiger partial charge on any atom is -0.497 e. The molecule has 1 saturated heterocycles. The fourth-order valence-electron chi connectivity index (χ4n) is 4.00. The number of nitrogens with one attached hydrogen (secondary N) is 1. The van der Waals surface area contributed by atoms with Crippen molar-refractivity contribution in [2.75, 3.05) is 26.7 Å². The second-order valence-electron chi connectivity index (χ2n) is 7.72. The van der Waals surface area contributed by atoms with Crippen LogP contribution in [0.25, 0.3) is 11.0 Å². The summed E-state index contributed by atoms with van der Waals surface area (Å²) in [4.78, 5) is 27.6. The van der Waals surface area contributed by atoms with E-state index in [4.69, 9.17) is 9.15 Å². The molecule has 3 aromatic rings. The van der Waals surface area contributed by atoms with Gasteiger partial charge in [-0.3, -0.25) is 14.5 Å². The summed E-state index contributed by atoms with van der Waals surface area (Å²) in [5, 5.41) is 3.45. The fraction of sp³-hybridized carbons (Fsp3) is 0.333. The second kappa shape index (κ2) is 9.98. The number of nitrogens with zero attached hydrogens (tertiary/aromatic N) is 1. The highest BCUT2D eigenvalue weighted by atomic mass is 35.5. The van der Waals surface area contributed by atoms with E-state index in [0.29, 0.717) is 17.5 Å². The molecule has 1 fully saturated rings. The summed E-state index contributed by atoms with van der Waals surface area (Å²) in [7, 11) is 1.64. The van der Waals surface area contributed by atoms with Crippen molar-refractivity contribution in [3.05, 3.63) is 75.6 Å². The van der Waals surface area contributed by atoms with Crippen LogP contribution in [0.15, 0.2) is 57.7 Å². The number of carbonyl (C=O) groups excluding carboxylic acids is 1. The highest BCUT2D eigenvalue weighted by Gasteiger charge is 2.24. The lowest BCUT2D eigenvalue weighted by atomic mass is 10.1. The van der Waals surface area contributed by atoms with Crippen molar-refractivity contribution in [2.24, 2.45) is 0 Å². The molecule has 1 amide bonds. The molecule has 2 heterocycles. The first-order valence-corrected chi connectivity index (χ1v) is 10.3. The molecule has 164 valence electrons. The van der Waals surface area contributed by atoms with Crippen molar-refractivity contribution >= 4 is 29.3 Å². The summed E-state index contributed by atoms with van der Waals surface area (Å²) in [6.45, 7) is 4.34. The van der Waals surface area contributed by atoms with Gasteiger partial charge in [0.25, 0.3) is 5.91 Å². The third-order valence-electron chi connectivity index (χ3n) is 5.64. The van der Waals surface area contributed by atoms with Crippen LogP contribution in [0.4, 0.5) is 0 Å². The Balaban J connectivity index is 0.00000272. The van der Waals surface area contributed by atoms with Gasteiger partial charge in [0.05, 0.1) is 18.5 Å². The average Bonchev–Trinajstić information content (AvgIpc) is 3.29. The Morgan fingerprint density at radius 2 is 1.84 bits per heavy atom. The van der Waals surface area contributed by atoms with Crippen LogP contribution in [0.3, 0.4) is 0 Å². The highest BCUT2D eigenvalue weighted by Crippen LogP contribution is 2.26. The van der Waals surface area contributed by atoms with Crippen molar-refractivity contribution in [3.63, 3.8) is 0 Å². The molecule has 0 bridgehead atoms. The lowest BCUT2D eigenvalue weighted by molar-refractivity contribution is 0.0910. The number of fused-ring (bicyclic) bond motifs is 1. The molecule has 6 nitrogen and oxygen atoms in total. The minimum absolute atomic E-state index is 0. The van der Waals surface area contributed by atoms with Crippen LogP contribution in [0.2, 0.25) is 0 Å². The van der Waals surface area contributed by atoms with Gasteiger partial charge in [-0.05, 0) is 62.7 Å². The predicted molar refractivity (Wildman–Crippen MR) is 123 cm³/mol. The lowest BCUT2D eigenvalue weighted by Gasteiger charge is -2.28. The molecule has 4 rings (SSSR count). The number of benzene rings is 2. The first-order valence-electron chi connectivity index (χ1n) is 10.3. The van der Waals surface area contributed by atoms with Crippen LogP contribution >= 0.6 is 12.4 Å². The maximum Gasteiger partial charge on any atom is 0.287 e. The number of aryl methyl sites for hydroxylation is 1.